The molecule has 1 unspecified atom stereocenters. The summed E-state index contributed by atoms with van der Waals surface area (Å²) in [5, 5.41) is 1.15. The molecule has 1 aliphatic heterocycles. The van der Waals surface area contributed by atoms with Crippen LogP contribution in [0.2, 0.25) is 0 Å². The van der Waals surface area contributed by atoms with Gasteiger partial charge in [0.05, 0.1) is 11.8 Å². The highest BCUT2D eigenvalue weighted by atomic mass is 16.3. The van der Waals surface area contributed by atoms with Crippen molar-refractivity contribution in [3.8, 4) is 11.5 Å². The van der Waals surface area contributed by atoms with Gasteiger partial charge in [-0.15, -0.1) is 0 Å². The predicted octanol–water partition coefficient (Wildman–Crippen LogP) is 2.32. The molecular formula is C17H22N3O+. The highest BCUT2D eigenvalue weighted by molar-refractivity contribution is 5.61. The van der Waals surface area contributed by atoms with E-state index in [2.05, 4.69) is 30.6 Å². The highest BCUT2D eigenvalue weighted by Gasteiger charge is 2.25. The molecule has 2 aliphatic carbocycles. The van der Waals surface area contributed by atoms with Crippen molar-refractivity contribution in [3.05, 3.63) is 40.2 Å². The van der Waals surface area contributed by atoms with E-state index in [0.29, 0.717) is 5.92 Å². The maximum absolute atomic E-state index is 6.09. The molecule has 2 N–H and O–H groups in total. The first-order valence-corrected chi connectivity index (χ1v) is 7.41. The molecule has 0 saturated carbocycles. The molecule has 0 spiro atoms. The van der Waals surface area contributed by atoms with Crippen LogP contribution in [0.15, 0.2) is 22.2 Å². The molecule has 21 heavy (non-hydrogen) atoms. The fraction of sp³-hybridized carbons (Fsp3) is 0.412. The van der Waals surface area contributed by atoms with Gasteiger partial charge in [0, 0.05) is 23.3 Å². The van der Waals surface area contributed by atoms with E-state index in [1.807, 2.05) is 20.2 Å². The lowest BCUT2D eigenvalue weighted by Crippen LogP contribution is -2.25. The third kappa shape index (κ3) is 2.35. The molecule has 0 aromatic rings. The molecule has 1 heterocycles. The lowest BCUT2D eigenvalue weighted by molar-refractivity contribution is 0.500. The summed E-state index contributed by atoms with van der Waals surface area (Å²) in [6.07, 6.45) is 3.81. The van der Waals surface area contributed by atoms with Gasteiger partial charge in [-0.25, -0.2) is 9.56 Å². The Morgan fingerprint density at radius 3 is 2.81 bits per heavy atom. The molecule has 110 valence electrons. The van der Waals surface area contributed by atoms with Gasteiger partial charge in [-0.05, 0) is 25.8 Å². The SMILES string of the molecule is CCC1CC(N)=Cc2oc3cc(=[N+](C)C)c(C)cc-3nc21. The number of hydrogen-bond donors (Lipinski definition) is 1. The Bertz CT molecular complexity index is 766. The molecule has 0 saturated heterocycles. The number of aryl methyl sites for hydroxylation is 1. The number of allylic oxidation sites excluding steroid dienone is 1. The van der Waals surface area contributed by atoms with Crippen molar-refractivity contribution in [2.75, 3.05) is 14.1 Å². The summed E-state index contributed by atoms with van der Waals surface area (Å²) in [5.41, 5.74) is 10.1. The third-order valence-electron chi connectivity index (χ3n) is 4.15. The van der Waals surface area contributed by atoms with Crippen LogP contribution in [0, 0.1) is 6.92 Å². The molecular weight excluding hydrogens is 262 g/mol. The Kier molecular flexibility index (Phi) is 3.32. The van der Waals surface area contributed by atoms with Crippen LogP contribution in [0.1, 0.15) is 42.7 Å². The Labute approximate surface area is 125 Å². The van der Waals surface area contributed by atoms with Crippen molar-refractivity contribution in [1.82, 2.24) is 9.56 Å². The summed E-state index contributed by atoms with van der Waals surface area (Å²) in [7, 11) is 4.07. The van der Waals surface area contributed by atoms with Crippen molar-refractivity contribution in [2.45, 2.75) is 32.6 Å². The Balaban J connectivity index is 2.31. The minimum atomic E-state index is 0.354. The maximum Gasteiger partial charge on any atom is 0.206 e. The summed E-state index contributed by atoms with van der Waals surface area (Å²) in [6, 6.07) is 4.15. The zero-order chi connectivity index (χ0) is 15.1. The molecule has 0 radical (unpaired) electrons. The number of nitrogens with two attached hydrogens (primary N) is 1. The first kappa shape index (κ1) is 13.9. The van der Waals surface area contributed by atoms with Gasteiger partial charge < -0.3 is 10.2 Å². The van der Waals surface area contributed by atoms with Crippen LogP contribution in [0.4, 0.5) is 0 Å². The summed E-state index contributed by atoms with van der Waals surface area (Å²) in [5.74, 6) is 1.97. The van der Waals surface area contributed by atoms with Gasteiger partial charge in [-0.3, -0.25) is 0 Å². The van der Waals surface area contributed by atoms with Gasteiger partial charge in [-0.1, -0.05) is 6.92 Å². The first-order chi connectivity index (χ1) is 9.99. The maximum atomic E-state index is 6.09. The summed E-state index contributed by atoms with van der Waals surface area (Å²) in [6.45, 7) is 4.27. The fourth-order valence-corrected chi connectivity index (χ4v) is 3.01. The number of fused-ring (bicyclic) bond motifs is 2. The van der Waals surface area contributed by atoms with Crippen LogP contribution in [0.3, 0.4) is 0 Å². The van der Waals surface area contributed by atoms with E-state index >= 15 is 0 Å². The smallest absolute Gasteiger partial charge is 0.206 e. The first-order valence-electron chi connectivity index (χ1n) is 7.41. The van der Waals surface area contributed by atoms with Crippen molar-refractivity contribution < 1.29 is 4.42 Å². The molecule has 0 aromatic carbocycles. The normalized spacial score (nSPS) is 17.5. The van der Waals surface area contributed by atoms with Gasteiger partial charge in [0.25, 0.3) is 0 Å². The lowest BCUT2D eigenvalue weighted by Gasteiger charge is -2.22. The van der Waals surface area contributed by atoms with Crippen molar-refractivity contribution in [2.24, 2.45) is 5.73 Å². The van der Waals surface area contributed by atoms with Crippen LogP contribution in [0.5, 0.6) is 0 Å². The fourth-order valence-electron chi connectivity index (χ4n) is 3.01. The van der Waals surface area contributed by atoms with Gasteiger partial charge >= 0.3 is 0 Å². The summed E-state index contributed by atoms with van der Waals surface area (Å²) < 4.78 is 8.17. The molecule has 3 aliphatic rings. The van der Waals surface area contributed by atoms with E-state index < -0.39 is 0 Å². The van der Waals surface area contributed by atoms with Crippen LogP contribution >= 0.6 is 0 Å². The second kappa shape index (κ2) is 5.02. The highest BCUT2D eigenvalue weighted by Crippen LogP contribution is 2.35. The van der Waals surface area contributed by atoms with E-state index in [4.69, 9.17) is 15.1 Å². The Morgan fingerprint density at radius 2 is 2.14 bits per heavy atom. The van der Waals surface area contributed by atoms with Gasteiger partial charge in [0.2, 0.25) is 5.36 Å². The molecule has 1 atom stereocenters. The monoisotopic (exact) mass is 284 g/mol. The van der Waals surface area contributed by atoms with E-state index in [9.17, 15) is 0 Å². The molecule has 3 rings (SSSR count). The van der Waals surface area contributed by atoms with E-state index in [1.54, 1.807) is 0 Å². The minimum absolute atomic E-state index is 0.354. The van der Waals surface area contributed by atoms with Crippen molar-refractivity contribution in [1.29, 1.82) is 0 Å². The minimum Gasteiger partial charge on any atom is -0.453 e. The third-order valence-corrected chi connectivity index (χ3v) is 4.15. The standard InChI is InChI=1S/C17H21N3O/c1-5-11-7-12(18)8-16-17(11)19-13-6-10(2)14(20(3)4)9-15(13)21-16/h6,8-9,11,18H,5,7H2,1-4H3/p+1. The summed E-state index contributed by atoms with van der Waals surface area (Å²) >= 11 is 0. The largest absolute Gasteiger partial charge is 0.453 e. The average Bonchev–Trinajstić information content (AvgIpc) is 2.43. The molecule has 0 bridgehead atoms. The quantitative estimate of drug-likeness (QED) is 0.818. The van der Waals surface area contributed by atoms with Gasteiger partial charge in [-0.2, -0.15) is 0 Å². The van der Waals surface area contributed by atoms with Crippen LogP contribution in [-0.4, -0.2) is 19.1 Å². The number of benzene rings is 1. The second-order valence-electron chi connectivity index (χ2n) is 5.99. The number of hydrogen-bond acceptors (Lipinski definition) is 3. The second-order valence-corrected chi connectivity index (χ2v) is 5.99. The molecule has 0 amide bonds. The zero-order valence-electron chi connectivity index (χ0n) is 13.1. The Morgan fingerprint density at radius 1 is 1.38 bits per heavy atom. The molecule has 0 fully saturated rings. The predicted molar refractivity (Wildman–Crippen MR) is 84.8 cm³/mol. The topological polar surface area (TPSA) is 55.1 Å². The number of rotatable bonds is 1. The van der Waals surface area contributed by atoms with Crippen molar-refractivity contribution >= 4 is 6.08 Å². The number of aromatic nitrogens is 1. The van der Waals surface area contributed by atoms with E-state index in [-0.39, 0.29) is 0 Å². The van der Waals surface area contributed by atoms with E-state index in [0.717, 1.165) is 46.8 Å². The van der Waals surface area contributed by atoms with Gasteiger partial charge in [0.15, 0.2) is 11.5 Å². The molecule has 4 heteroatoms. The van der Waals surface area contributed by atoms with Crippen LogP contribution < -0.4 is 15.7 Å². The molecule has 4 nitrogen and oxygen atoms in total. The van der Waals surface area contributed by atoms with Crippen molar-refractivity contribution in [3.63, 3.8) is 0 Å². The summed E-state index contributed by atoms with van der Waals surface area (Å²) in [4.78, 5) is 4.85. The zero-order valence-corrected chi connectivity index (χ0v) is 13.1. The molecule has 0 aromatic heterocycles. The van der Waals surface area contributed by atoms with Crippen LogP contribution in [-0.2, 0) is 0 Å². The van der Waals surface area contributed by atoms with E-state index in [1.165, 1.54) is 5.56 Å². The Hall–Kier alpha value is -2.10. The average molecular weight is 284 g/mol. The number of nitrogens with zero attached hydrogens (tertiary/aromatic N) is 2. The lowest BCUT2D eigenvalue weighted by atomic mass is 9.90. The van der Waals surface area contributed by atoms with Crippen LogP contribution in [0.25, 0.3) is 17.5 Å². The van der Waals surface area contributed by atoms with Gasteiger partial charge in [0.1, 0.15) is 19.8 Å².